The number of fused-ring (bicyclic) bond motifs is 1. The molecule has 1 fully saturated rings. The van der Waals surface area contributed by atoms with Gasteiger partial charge in [-0.1, -0.05) is 11.6 Å². The molecule has 2 heterocycles. The number of halogens is 1. The Morgan fingerprint density at radius 3 is 2.87 bits per heavy atom. The van der Waals surface area contributed by atoms with Gasteiger partial charge in [0.15, 0.2) is 11.5 Å². The number of amides is 1. The molecule has 1 atom stereocenters. The van der Waals surface area contributed by atoms with Crippen LogP contribution in [0.1, 0.15) is 24.8 Å². The minimum atomic E-state index is -0.878. The monoisotopic (exact) mass is 339 g/mol. The van der Waals surface area contributed by atoms with Crippen molar-refractivity contribution in [2.45, 2.75) is 31.7 Å². The summed E-state index contributed by atoms with van der Waals surface area (Å²) in [6.45, 7) is 1.51. The molecule has 124 valence electrons. The third kappa shape index (κ3) is 3.52. The Bertz CT molecular complexity index is 633. The molecule has 0 saturated carbocycles. The van der Waals surface area contributed by atoms with Gasteiger partial charge >= 0.3 is 5.97 Å². The molecule has 0 aromatic heterocycles. The molecule has 1 aromatic rings. The summed E-state index contributed by atoms with van der Waals surface area (Å²) in [7, 11) is 0. The molecule has 1 N–H and O–H groups in total. The van der Waals surface area contributed by atoms with E-state index < -0.39 is 5.97 Å². The van der Waals surface area contributed by atoms with Crippen molar-refractivity contribution < 1.29 is 24.2 Å². The Morgan fingerprint density at radius 1 is 1.30 bits per heavy atom. The lowest BCUT2D eigenvalue weighted by molar-refractivity contribution is -0.139. The zero-order valence-electron chi connectivity index (χ0n) is 12.6. The maximum Gasteiger partial charge on any atom is 0.305 e. The highest BCUT2D eigenvalue weighted by atomic mass is 35.5. The maximum absolute atomic E-state index is 12.5. The molecule has 0 radical (unpaired) electrons. The summed E-state index contributed by atoms with van der Waals surface area (Å²) in [5.41, 5.74) is 0.741. The van der Waals surface area contributed by atoms with Gasteiger partial charge in [0.25, 0.3) is 0 Å². The molecule has 3 rings (SSSR count). The molecule has 1 unspecified atom stereocenters. The van der Waals surface area contributed by atoms with E-state index in [2.05, 4.69) is 0 Å². The van der Waals surface area contributed by atoms with E-state index in [0.717, 1.165) is 18.4 Å². The lowest BCUT2D eigenvalue weighted by Crippen LogP contribution is -2.37. The SMILES string of the molecule is O=C(O)CC1CCCN1C(=O)Cc1cc(Cl)c2c(c1)OCCO2. The van der Waals surface area contributed by atoms with Crippen molar-refractivity contribution in [2.24, 2.45) is 0 Å². The molecular weight excluding hydrogens is 322 g/mol. The van der Waals surface area contributed by atoms with E-state index in [9.17, 15) is 9.59 Å². The molecule has 7 heteroatoms. The minimum absolute atomic E-state index is 0.00631. The molecule has 1 amide bonds. The molecule has 6 nitrogen and oxygen atoms in total. The first-order valence-electron chi connectivity index (χ1n) is 7.64. The third-order valence-corrected chi connectivity index (χ3v) is 4.40. The second kappa shape index (κ2) is 6.66. The fourth-order valence-electron chi connectivity index (χ4n) is 3.12. The van der Waals surface area contributed by atoms with Gasteiger partial charge in [0, 0.05) is 12.6 Å². The van der Waals surface area contributed by atoms with E-state index in [4.69, 9.17) is 26.2 Å². The zero-order valence-corrected chi connectivity index (χ0v) is 13.3. The van der Waals surface area contributed by atoms with Crippen LogP contribution in [0.25, 0.3) is 0 Å². The number of benzene rings is 1. The summed E-state index contributed by atoms with van der Waals surface area (Å²) in [5.74, 6) is 0.104. The van der Waals surface area contributed by atoms with Gasteiger partial charge < -0.3 is 19.5 Å². The number of ether oxygens (including phenoxy) is 2. The van der Waals surface area contributed by atoms with Crippen LogP contribution < -0.4 is 9.47 Å². The average Bonchev–Trinajstić information content (AvgIpc) is 2.94. The topological polar surface area (TPSA) is 76.1 Å². The van der Waals surface area contributed by atoms with Crippen LogP contribution in [0.15, 0.2) is 12.1 Å². The fourth-order valence-corrected chi connectivity index (χ4v) is 3.41. The normalized spacial score (nSPS) is 19.7. The highest BCUT2D eigenvalue weighted by Gasteiger charge is 2.30. The molecule has 2 aliphatic rings. The van der Waals surface area contributed by atoms with Crippen molar-refractivity contribution in [3.63, 3.8) is 0 Å². The van der Waals surface area contributed by atoms with Crippen molar-refractivity contribution in [2.75, 3.05) is 19.8 Å². The van der Waals surface area contributed by atoms with Gasteiger partial charge in [-0.05, 0) is 30.5 Å². The summed E-state index contributed by atoms with van der Waals surface area (Å²) in [5, 5.41) is 9.37. The smallest absolute Gasteiger partial charge is 0.305 e. The number of carbonyl (C=O) groups is 2. The van der Waals surface area contributed by atoms with Gasteiger partial charge in [-0.2, -0.15) is 0 Å². The van der Waals surface area contributed by atoms with Crippen LogP contribution in [0.3, 0.4) is 0 Å². The van der Waals surface area contributed by atoms with Crippen LogP contribution in [0.4, 0.5) is 0 Å². The Hall–Kier alpha value is -1.95. The first kappa shape index (κ1) is 15.9. The second-order valence-corrected chi connectivity index (χ2v) is 6.17. The Labute approximate surface area is 138 Å². The summed E-state index contributed by atoms with van der Waals surface area (Å²) >= 11 is 6.18. The lowest BCUT2D eigenvalue weighted by atomic mass is 10.1. The highest BCUT2D eigenvalue weighted by molar-refractivity contribution is 6.32. The summed E-state index contributed by atoms with van der Waals surface area (Å²) < 4.78 is 11.0. The maximum atomic E-state index is 12.5. The first-order valence-corrected chi connectivity index (χ1v) is 8.01. The molecule has 1 saturated heterocycles. The van der Waals surface area contributed by atoms with Crippen LogP contribution in [0.2, 0.25) is 5.02 Å². The number of hydrogen-bond acceptors (Lipinski definition) is 4. The summed E-state index contributed by atoms with van der Waals surface area (Å²) in [4.78, 5) is 25.1. The summed E-state index contributed by atoms with van der Waals surface area (Å²) in [6, 6.07) is 3.25. The predicted octanol–water partition coefficient (Wildman–Crippen LogP) is 2.12. The lowest BCUT2D eigenvalue weighted by Gasteiger charge is -2.24. The van der Waals surface area contributed by atoms with Crippen LogP contribution in [0, 0.1) is 0 Å². The molecule has 0 spiro atoms. The van der Waals surface area contributed by atoms with Crippen LogP contribution >= 0.6 is 11.6 Å². The largest absolute Gasteiger partial charge is 0.486 e. The van der Waals surface area contributed by atoms with Gasteiger partial charge in [-0.15, -0.1) is 0 Å². The highest BCUT2D eigenvalue weighted by Crippen LogP contribution is 2.38. The first-order chi connectivity index (χ1) is 11.0. The molecule has 1 aromatic carbocycles. The number of hydrogen-bond donors (Lipinski definition) is 1. The number of rotatable bonds is 4. The van der Waals surface area contributed by atoms with Gasteiger partial charge in [-0.3, -0.25) is 9.59 Å². The van der Waals surface area contributed by atoms with Crippen molar-refractivity contribution in [3.8, 4) is 11.5 Å². The van der Waals surface area contributed by atoms with E-state index in [1.165, 1.54) is 0 Å². The van der Waals surface area contributed by atoms with E-state index >= 15 is 0 Å². The number of carbonyl (C=O) groups excluding carboxylic acids is 1. The number of nitrogens with zero attached hydrogens (tertiary/aromatic N) is 1. The van der Waals surface area contributed by atoms with Gasteiger partial charge in [-0.25, -0.2) is 0 Å². The summed E-state index contributed by atoms with van der Waals surface area (Å²) in [6.07, 6.45) is 1.74. The number of carboxylic acids is 1. The molecule has 0 aliphatic carbocycles. The number of likely N-dealkylation sites (tertiary alicyclic amines) is 1. The minimum Gasteiger partial charge on any atom is -0.486 e. The van der Waals surface area contributed by atoms with E-state index in [0.29, 0.717) is 36.3 Å². The molecule has 0 bridgehead atoms. The molecule has 23 heavy (non-hydrogen) atoms. The number of carboxylic acid groups (broad SMARTS) is 1. The van der Waals surface area contributed by atoms with Gasteiger partial charge in [0.1, 0.15) is 13.2 Å². The quantitative estimate of drug-likeness (QED) is 0.909. The third-order valence-electron chi connectivity index (χ3n) is 4.12. The Kier molecular flexibility index (Phi) is 4.61. The van der Waals surface area contributed by atoms with Crippen LogP contribution in [-0.4, -0.2) is 47.7 Å². The van der Waals surface area contributed by atoms with Crippen molar-refractivity contribution in [1.29, 1.82) is 0 Å². The van der Waals surface area contributed by atoms with Crippen molar-refractivity contribution in [3.05, 3.63) is 22.7 Å². The van der Waals surface area contributed by atoms with E-state index in [1.807, 2.05) is 0 Å². The van der Waals surface area contributed by atoms with Crippen LogP contribution in [0.5, 0.6) is 11.5 Å². The average molecular weight is 340 g/mol. The molecule has 2 aliphatic heterocycles. The zero-order chi connectivity index (χ0) is 16.4. The molecular formula is C16H18ClNO5. The second-order valence-electron chi connectivity index (χ2n) is 5.76. The van der Waals surface area contributed by atoms with Crippen molar-refractivity contribution in [1.82, 2.24) is 4.90 Å². The van der Waals surface area contributed by atoms with Gasteiger partial charge in [0.2, 0.25) is 5.91 Å². The number of aliphatic carboxylic acids is 1. The van der Waals surface area contributed by atoms with E-state index in [-0.39, 0.29) is 24.8 Å². The van der Waals surface area contributed by atoms with Crippen molar-refractivity contribution >= 4 is 23.5 Å². The Morgan fingerprint density at radius 2 is 2.09 bits per heavy atom. The van der Waals surface area contributed by atoms with E-state index in [1.54, 1.807) is 17.0 Å². The Balaban J connectivity index is 1.72. The predicted molar refractivity (Wildman–Crippen MR) is 83.1 cm³/mol. The standard InChI is InChI=1S/C16H18ClNO5/c17-12-6-10(7-13-16(12)23-5-4-22-13)8-14(19)18-3-1-2-11(18)9-15(20)21/h6-7,11H,1-5,8-9H2,(H,20,21). The van der Waals surface area contributed by atoms with Crippen LogP contribution in [-0.2, 0) is 16.0 Å². The van der Waals surface area contributed by atoms with Gasteiger partial charge in [0.05, 0.1) is 17.9 Å². The fraction of sp³-hybridized carbons (Fsp3) is 0.500.